The van der Waals surface area contributed by atoms with Crippen molar-refractivity contribution < 1.29 is 14.3 Å². The van der Waals surface area contributed by atoms with Crippen molar-refractivity contribution in [2.75, 3.05) is 27.2 Å². The standard InChI is InChI=1S/C17H21N5O3/c1-20(2)16(23)12-25-15-10-21-7-3-4-14(21)9-22(11-15)17(24)13-5-6-18-19-8-13/h3-8,15H,9-12H2,1-2H3/t15-/m1/s1. The average molecular weight is 343 g/mol. The summed E-state index contributed by atoms with van der Waals surface area (Å²) >= 11 is 0. The van der Waals surface area contributed by atoms with Gasteiger partial charge in [-0.1, -0.05) is 0 Å². The number of hydrogen-bond acceptors (Lipinski definition) is 5. The van der Waals surface area contributed by atoms with Crippen molar-refractivity contribution in [2.45, 2.75) is 19.2 Å². The monoisotopic (exact) mass is 343 g/mol. The lowest BCUT2D eigenvalue weighted by atomic mass is 10.2. The molecule has 0 spiro atoms. The highest BCUT2D eigenvalue weighted by Crippen LogP contribution is 2.17. The van der Waals surface area contributed by atoms with E-state index in [0.29, 0.717) is 25.2 Å². The molecule has 3 rings (SSSR count). The van der Waals surface area contributed by atoms with Crippen LogP contribution < -0.4 is 0 Å². The summed E-state index contributed by atoms with van der Waals surface area (Å²) < 4.78 is 7.85. The first-order valence-electron chi connectivity index (χ1n) is 8.06. The van der Waals surface area contributed by atoms with Gasteiger partial charge < -0.3 is 19.1 Å². The molecule has 2 aromatic rings. The van der Waals surface area contributed by atoms with E-state index in [4.69, 9.17) is 4.74 Å². The summed E-state index contributed by atoms with van der Waals surface area (Å²) in [6.45, 7) is 1.48. The minimum atomic E-state index is -0.267. The van der Waals surface area contributed by atoms with Crippen LogP contribution in [0.3, 0.4) is 0 Å². The fourth-order valence-electron chi connectivity index (χ4n) is 2.73. The molecule has 132 valence electrons. The van der Waals surface area contributed by atoms with Crippen LogP contribution in [0.2, 0.25) is 0 Å². The number of aromatic nitrogens is 3. The molecule has 0 unspecified atom stereocenters. The van der Waals surface area contributed by atoms with Crippen LogP contribution in [0.25, 0.3) is 0 Å². The topological polar surface area (TPSA) is 80.6 Å². The molecule has 0 aromatic carbocycles. The van der Waals surface area contributed by atoms with Gasteiger partial charge in [0.2, 0.25) is 5.91 Å². The summed E-state index contributed by atoms with van der Waals surface area (Å²) in [6.07, 6.45) is 4.65. The molecule has 1 atom stereocenters. The number of ether oxygens (including phenoxy) is 1. The maximum absolute atomic E-state index is 12.8. The second kappa shape index (κ2) is 7.43. The van der Waals surface area contributed by atoms with Crippen molar-refractivity contribution in [2.24, 2.45) is 0 Å². The summed E-state index contributed by atoms with van der Waals surface area (Å²) in [4.78, 5) is 27.8. The van der Waals surface area contributed by atoms with E-state index < -0.39 is 0 Å². The van der Waals surface area contributed by atoms with Gasteiger partial charge in [0.05, 0.1) is 37.2 Å². The summed E-state index contributed by atoms with van der Waals surface area (Å²) in [5, 5.41) is 7.48. The Morgan fingerprint density at radius 2 is 2.12 bits per heavy atom. The first kappa shape index (κ1) is 17.1. The van der Waals surface area contributed by atoms with Crippen LogP contribution in [-0.4, -0.2) is 69.7 Å². The van der Waals surface area contributed by atoms with Gasteiger partial charge in [-0.2, -0.15) is 10.2 Å². The largest absolute Gasteiger partial charge is 0.365 e. The van der Waals surface area contributed by atoms with Gasteiger partial charge in [0.15, 0.2) is 0 Å². The Hall–Kier alpha value is -2.74. The molecule has 0 radical (unpaired) electrons. The molecule has 0 aliphatic carbocycles. The molecule has 0 saturated heterocycles. The van der Waals surface area contributed by atoms with Gasteiger partial charge in [-0.15, -0.1) is 0 Å². The van der Waals surface area contributed by atoms with Crippen molar-refractivity contribution in [3.8, 4) is 0 Å². The van der Waals surface area contributed by atoms with Crippen molar-refractivity contribution in [1.82, 2.24) is 24.6 Å². The third-order valence-electron chi connectivity index (χ3n) is 4.16. The molecule has 8 nitrogen and oxygen atoms in total. The normalized spacial score (nSPS) is 16.9. The van der Waals surface area contributed by atoms with Crippen LogP contribution in [0.1, 0.15) is 16.1 Å². The lowest BCUT2D eigenvalue weighted by molar-refractivity contribution is -0.136. The van der Waals surface area contributed by atoms with Gasteiger partial charge in [-0.25, -0.2) is 0 Å². The van der Waals surface area contributed by atoms with Crippen LogP contribution in [0.5, 0.6) is 0 Å². The molecule has 3 heterocycles. The smallest absolute Gasteiger partial charge is 0.255 e. The number of fused-ring (bicyclic) bond motifs is 1. The second-order valence-electron chi connectivity index (χ2n) is 6.19. The van der Waals surface area contributed by atoms with Gasteiger partial charge in [-0.3, -0.25) is 9.59 Å². The lowest BCUT2D eigenvalue weighted by Crippen LogP contribution is -2.39. The fraction of sp³-hybridized carbons (Fsp3) is 0.412. The number of carbonyl (C=O) groups excluding carboxylic acids is 2. The van der Waals surface area contributed by atoms with Crippen molar-refractivity contribution in [3.05, 3.63) is 48.0 Å². The lowest BCUT2D eigenvalue weighted by Gasteiger charge is -2.24. The number of carbonyl (C=O) groups is 2. The molecular weight excluding hydrogens is 322 g/mol. The number of likely N-dealkylation sites (N-methyl/N-ethyl adjacent to an activating group) is 1. The molecule has 2 aromatic heterocycles. The summed E-state index contributed by atoms with van der Waals surface area (Å²) in [5.74, 6) is -0.231. The fourth-order valence-corrected chi connectivity index (χ4v) is 2.73. The van der Waals surface area contributed by atoms with Crippen LogP contribution in [0, 0.1) is 0 Å². The highest BCUT2D eigenvalue weighted by atomic mass is 16.5. The van der Waals surface area contributed by atoms with Crippen LogP contribution in [-0.2, 0) is 22.6 Å². The Balaban J connectivity index is 1.77. The van der Waals surface area contributed by atoms with Gasteiger partial charge in [0.1, 0.15) is 6.61 Å². The van der Waals surface area contributed by atoms with Crippen molar-refractivity contribution in [3.63, 3.8) is 0 Å². The van der Waals surface area contributed by atoms with E-state index in [9.17, 15) is 9.59 Å². The Kier molecular flexibility index (Phi) is 5.08. The zero-order valence-corrected chi connectivity index (χ0v) is 14.3. The first-order valence-corrected chi connectivity index (χ1v) is 8.06. The third-order valence-corrected chi connectivity index (χ3v) is 4.16. The van der Waals surface area contributed by atoms with Gasteiger partial charge in [0.25, 0.3) is 5.91 Å². The highest BCUT2D eigenvalue weighted by molar-refractivity contribution is 5.93. The maximum atomic E-state index is 12.8. The maximum Gasteiger partial charge on any atom is 0.255 e. The summed E-state index contributed by atoms with van der Waals surface area (Å²) in [5.41, 5.74) is 1.51. The van der Waals surface area contributed by atoms with E-state index >= 15 is 0 Å². The Labute approximate surface area is 146 Å². The minimum Gasteiger partial charge on any atom is -0.365 e. The zero-order chi connectivity index (χ0) is 17.8. The van der Waals surface area contributed by atoms with E-state index in [1.54, 1.807) is 25.1 Å². The van der Waals surface area contributed by atoms with Gasteiger partial charge in [0, 0.05) is 32.5 Å². The highest BCUT2D eigenvalue weighted by Gasteiger charge is 2.26. The van der Waals surface area contributed by atoms with Crippen molar-refractivity contribution in [1.29, 1.82) is 0 Å². The molecule has 2 amide bonds. The van der Waals surface area contributed by atoms with E-state index in [1.165, 1.54) is 17.3 Å². The second-order valence-corrected chi connectivity index (χ2v) is 6.19. The molecule has 25 heavy (non-hydrogen) atoms. The van der Waals surface area contributed by atoms with E-state index in [0.717, 1.165) is 5.69 Å². The SMILES string of the molecule is CN(C)C(=O)CO[C@H]1CN(C(=O)c2ccnnc2)Cc2cccn2C1. The van der Waals surface area contributed by atoms with Gasteiger partial charge >= 0.3 is 0 Å². The van der Waals surface area contributed by atoms with Gasteiger partial charge in [-0.05, 0) is 18.2 Å². The number of amides is 2. The Morgan fingerprint density at radius 3 is 2.84 bits per heavy atom. The molecule has 1 aliphatic rings. The summed E-state index contributed by atoms with van der Waals surface area (Å²) in [7, 11) is 3.38. The number of hydrogen-bond donors (Lipinski definition) is 0. The quantitative estimate of drug-likeness (QED) is 0.803. The average Bonchev–Trinajstić information content (AvgIpc) is 2.97. The minimum absolute atomic E-state index is 0.00683. The molecule has 0 saturated carbocycles. The van der Waals surface area contributed by atoms with Crippen LogP contribution >= 0.6 is 0 Å². The molecule has 0 N–H and O–H groups in total. The van der Waals surface area contributed by atoms with Crippen LogP contribution in [0.4, 0.5) is 0 Å². The predicted molar refractivity (Wildman–Crippen MR) is 89.6 cm³/mol. The van der Waals surface area contributed by atoms with E-state index in [2.05, 4.69) is 14.8 Å². The zero-order valence-electron chi connectivity index (χ0n) is 14.3. The molecule has 1 aliphatic heterocycles. The molecule has 8 heteroatoms. The Bertz CT molecular complexity index is 744. The van der Waals surface area contributed by atoms with E-state index in [1.807, 2.05) is 18.3 Å². The molecule has 0 fully saturated rings. The third kappa shape index (κ3) is 4.03. The molecular formula is C17H21N5O3. The predicted octanol–water partition coefficient (Wildman–Crippen LogP) is 0.407. The van der Waals surface area contributed by atoms with Crippen molar-refractivity contribution >= 4 is 11.8 Å². The summed E-state index contributed by atoms with van der Waals surface area (Å²) in [6, 6.07) is 5.57. The Morgan fingerprint density at radius 1 is 1.28 bits per heavy atom. The number of nitrogens with zero attached hydrogens (tertiary/aromatic N) is 5. The van der Waals surface area contributed by atoms with Crippen LogP contribution in [0.15, 0.2) is 36.8 Å². The first-order chi connectivity index (χ1) is 12.0. The number of rotatable bonds is 4. The molecule has 0 bridgehead atoms. The van der Waals surface area contributed by atoms with E-state index in [-0.39, 0.29) is 24.5 Å².